The average molecular weight is 620 g/mol. The van der Waals surface area contributed by atoms with Crippen LogP contribution in [0.1, 0.15) is 52.7 Å². The Morgan fingerprint density at radius 3 is 2.06 bits per heavy atom. The van der Waals surface area contributed by atoms with E-state index in [-0.39, 0.29) is 10.8 Å². The summed E-state index contributed by atoms with van der Waals surface area (Å²) in [5, 5.41) is 4.61. The number of fused-ring (bicyclic) bond motifs is 1. The van der Waals surface area contributed by atoms with Gasteiger partial charge in [-0.2, -0.15) is 5.10 Å². The number of aromatic nitrogens is 3. The molecule has 0 aliphatic carbocycles. The molecule has 47 heavy (non-hydrogen) atoms. The summed E-state index contributed by atoms with van der Waals surface area (Å²) < 4.78 is 8.33. The summed E-state index contributed by atoms with van der Waals surface area (Å²) in [5.41, 5.74) is 9.10. The largest absolute Gasteiger partial charge is 0.457 e. The van der Waals surface area contributed by atoms with Crippen molar-refractivity contribution >= 4 is 22.9 Å². The molecule has 0 unspecified atom stereocenters. The Labute approximate surface area is 277 Å². The first-order chi connectivity index (χ1) is 22.5. The quantitative estimate of drug-likeness (QED) is 0.186. The molecular formula is C41H41N5O. The molecule has 0 bridgehead atoms. The number of nitrogens with zero attached hydrogens (tertiary/aromatic N) is 5. The summed E-state index contributed by atoms with van der Waals surface area (Å²) in [6.45, 7) is 14.3. The van der Waals surface area contributed by atoms with Gasteiger partial charge in [0.2, 0.25) is 0 Å². The molecule has 1 aliphatic heterocycles. The number of pyridine rings is 1. The van der Waals surface area contributed by atoms with Crippen LogP contribution in [0.5, 0.6) is 11.5 Å². The van der Waals surface area contributed by atoms with Gasteiger partial charge in [0.25, 0.3) is 0 Å². The second-order valence-corrected chi connectivity index (χ2v) is 14.2. The highest BCUT2D eigenvalue weighted by Gasteiger charge is 2.33. The van der Waals surface area contributed by atoms with Crippen molar-refractivity contribution in [1.82, 2.24) is 14.8 Å². The standard InChI is InChI=1S/C41H41N5O/c1-40(2,3)31-20-21-37(36(23-31)41(4,5)6)45-28-44(38-19-12-22-42-39(38)45)32-15-10-17-34(24-32)47-35-18-11-16-33(25-35)46-27-30(26-43-46)29-13-8-7-9-14-29/h7-27H,28H2,1-6H3. The lowest BCUT2D eigenvalue weighted by Crippen LogP contribution is -2.27. The maximum Gasteiger partial charge on any atom is 0.158 e. The number of ether oxygens (including phenoxy) is 1. The molecule has 236 valence electrons. The second-order valence-electron chi connectivity index (χ2n) is 14.2. The minimum atomic E-state index is -0.0411. The molecule has 6 aromatic rings. The van der Waals surface area contributed by atoms with Crippen LogP contribution < -0.4 is 14.5 Å². The summed E-state index contributed by atoms with van der Waals surface area (Å²) in [5.74, 6) is 2.46. The van der Waals surface area contributed by atoms with Crippen molar-refractivity contribution < 1.29 is 4.74 Å². The Balaban J connectivity index is 1.17. The minimum absolute atomic E-state index is 0.0411. The molecule has 6 heteroatoms. The second kappa shape index (κ2) is 11.8. The predicted octanol–water partition coefficient (Wildman–Crippen LogP) is 10.6. The first-order valence-electron chi connectivity index (χ1n) is 16.2. The zero-order chi connectivity index (χ0) is 32.8. The van der Waals surface area contributed by atoms with Crippen LogP contribution in [0.4, 0.5) is 22.9 Å². The summed E-state index contributed by atoms with van der Waals surface area (Å²) in [6.07, 6.45) is 5.81. The molecule has 0 spiro atoms. The molecular weight excluding hydrogens is 578 g/mol. The Bertz CT molecular complexity index is 2030. The lowest BCUT2D eigenvalue weighted by molar-refractivity contribution is 0.482. The van der Waals surface area contributed by atoms with Crippen molar-refractivity contribution in [2.45, 2.75) is 52.4 Å². The average Bonchev–Trinajstić information content (AvgIpc) is 3.71. The van der Waals surface area contributed by atoms with Crippen LogP contribution >= 0.6 is 0 Å². The number of anilines is 4. The van der Waals surface area contributed by atoms with Crippen molar-refractivity contribution in [1.29, 1.82) is 0 Å². The zero-order valence-electron chi connectivity index (χ0n) is 28.0. The third-order valence-electron chi connectivity index (χ3n) is 8.69. The molecule has 2 aromatic heterocycles. The van der Waals surface area contributed by atoms with Crippen LogP contribution in [0, 0.1) is 0 Å². The molecule has 0 radical (unpaired) electrons. The molecule has 1 aliphatic rings. The van der Waals surface area contributed by atoms with Gasteiger partial charge in [-0.25, -0.2) is 9.67 Å². The van der Waals surface area contributed by atoms with Crippen LogP contribution in [-0.2, 0) is 10.8 Å². The van der Waals surface area contributed by atoms with E-state index >= 15 is 0 Å². The first kappa shape index (κ1) is 30.3. The number of benzene rings is 4. The van der Waals surface area contributed by atoms with Crippen LogP contribution in [-0.4, -0.2) is 21.4 Å². The van der Waals surface area contributed by atoms with E-state index in [1.54, 1.807) is 0 Å². The van der Waals surface area contributed by atoms with Crippen molar-refractivity contribution in [3.8, 4) is 28.3 Å². The smallest absolute Gasteiger partial charge is 0.158 e. The van der Waals surface area contributed by atoms with E-state index < -0.39 is 0 Å². The van der Waals surface area contributed by atoms with Crippen molar-refractivity contribution in [3.63, 3.8) is 0 Å². The molecule has 7 rings (SSSR count). The normalized spacial score (nSPS) is 13.1. The Hall–Kier alpha value is -5.36. The van der Waals surface area contributed by atoms with Gasteiger partial charge in [-0.3, -0.25) is 0 Å². The maximum atomic E-state index is 6.44. The van der Waals surface area contributed by atoms with E-state index in [2.05, 4.69) is 105 Å². The maximum absolute atomic E-state index is 6.44. The van der Waals surface area contributed by atoms with Crippen molar-refractivity contribution in [2.75, 3.05) is 16.5 Å². The van der Waals surface area contributed by atoms with Gasteiger partial charge in [-0.15, -0.1) is 0 Å². The summed E-state index contributed by atoms with van der Waals surface area (Å²) in [7, 11) is 0. The molecule has 0 N–H and O–H groups in total. The van der Waals surface area contributed by atoms with E-state index in [0.29, 0.717) is 6.67 Å². The zero-order valence-corrected chi connectivity index (χ0v) is 28.0. The molecule has 0 saturated heterocycles. The lowest BCUT2D eigenvalue weighted by Gasteiger charge is -2.31. The molecule has 3 heterocycles. The topological polar surface area (TPSA) is 46.4 Å². The fourth-order valence-corrected chi connectivity index (χ4v) is 6.13. The van der Waals surface area contributed by atoms with Crippen molar-refractivity contribution in [2.24, 2.45) is 0 Å². The van der Waals surface area contributed by atoms with Gasteiger partial charge in [0, 0.05) is 41.5 Å². The predicted molar refractivity (Wildman–Crippen MR) is 193 cm³/mol. The van der Waals surface area contributed by atoms with E-state index in [1.807, 2.05) is 83.9 Å². The van der Waals surface area contributed by atoms with Crippen molar-refractivity contribution in [3.05, 3.63) is 139 Å². The molecule has 0 saturated carbocycles. The molecule has 4 aromatic carbocycles. The third kappa shape index (κ3) is 6.11. The molecule has 6 nitrogen and oxygen atoms in total. The molecule has 0 atom stereocenters. The SMILES string of the molecule is CC(C)(C)c1ccc(N2CN(c3cccc(Oc4cccc(-n5cc(-c6ccccc6)cn5)c4)c3)c3cccnc32)c(C(C)(C)C)c1. The van der Waals surface area contributed by atoms with Crippen LogP contribution in [0.25, 0.3) is 16.8 Å². The fraction of sp³-hybridized carbons (Fsp3) is 0.220. The van der Waals surface area contributed by atoms with Gasteiger partial charge in [-0.1, -0.05) is 96.1 Å². The minimum Gasteiger partial charge on any atom is -0.457 e. The highest BCUT2D eigenvalue weighted by atomic mass is 16.5. The highest BCUT2D eigenvalue weighted by Crippen LogP contribution is 2.46. The molecule has 0 fully saturated rings. The van der Waals surface area contributed by atoms with Gasteiger partial charge in [-0.05, 0) is 70.0 Å². The lowest BCUT2D eigenvalue weighted by atomic mass is 9.79. The van der Waals surface area contributed by atoms with Gasteiger partial charge in [0.1, 0.15) is 18.2 Å². The van der Waals surface area contributed by atoms with E-state index in [9.17, 15) is 0 Å². The summed E-state index contributed by atoms with van der Waals surface area (Å²) >= 11 is 0. The highest BCUT2D eigenvalue weighted by molar-refractivity contribution is 5.85. The molecule has 0 amide bonds. The number of rotatable bonds is 6. The number of hydrogen-bond acceptors (Lipinski definition) is 5. The van der Waals surface area contributed by atoms with Crippen LogP contribution in [0.15, 0.2) is 128 Å². The van der Waals surface area contributed by atoms with Crippen LogP contribution in [0.2, 0.25) is 0 Å². The van der Waals surface area contributed by atoms with Gasteiger partial charge < -0.3 is 14.5 Å². The Kier molecular flexibility index (Phi) is 7.59. The monoisotopic (exact) mass is 619 g/mol. The van der Waals surface area contributed by atoms with E-state index in [0.717, 1.165) is 45.5 Å². The van der Waals surface area contributed by atoms with E-state index in [1.165, 1.54) is 16.8 Å². The van der Waals surface area contributed by atoms with Crippen LogP contribution in [0.3, 0.4) is 0 Å². The first-order valence-corrected chi connectivity index (χ1v) is 16.2. The van der Waals surface area contributed by atoms with Gasteiger partial charge in [0.05, 0.1) is 17.6 Å². The Morgan fingerprint density at radius 2 is 1.34 bits per heavy atom. The third-order valence-corrected chi connectivity index (χ3v) is 8.69. The van der Waals surface area contributed by atoms with Gasteiger partial charge in [0.15, 0.2) is 5.82 Å². The van der Waals surface area contributed by atoms with Gasteiger partial charge >= 0.3 is 0 Å². The number of hydrogen-bond donors (Lipinski definition) is 0. The van der Waals surface area contributed by atoms with E-state index in [4.69, 9.17) is 9.72 Å². The summed E-state index contributed by atoms with van der Waals surface area (Å²) in [4.78, 5) is 9.53. The summed E-state index contributed by atoms with van der Waals surface area (Å²) in [6, 6.07) is 37.7. The fourth-order valence-electron chi connectivity index (χ4n) is 6.13. The Morgan fingerprint density at radius 1 is 0.617 bits per heavy atom.